The fourth-order valence-electron chi connectivity index (χ4n) is 2.46. The minimum absolute atomic E-state index is 0.0167. The molecule has 0 aromatic rings. The summed E-state index contributed by atoms with van der Waals surface area (Å²) in [6.07, 6.45) is 0.736. The molecule has 0 fully saturated rings. The van der Waals surface area contributed by atoms with E-state index in [4.69, 9.17) is 9.47 Å². The molecule has 0 radical (unpaired) electrons. The maximum atomic E-state index is 11.7. The Morgan fingerprint density at radius 2 is 1.67 bits per heavy atom. The van der Waals surface area contributed by atoms with Crippen LogP contribution in [0.5, 0.6) is 0 Å². The molecule has 0 aliphatic rings. The lowest BCUT2D eigenvalue weighted by Crippen LogP contribution is -2.36. The topological polar surface area (TPSA) is 102 Å². The van der Waals surface area contributed by atoms with Gasteiger partial charge in [0, 0.05) is 19.9 Å². The van der Waals surface area contributed by atoms with Crippen LogP contribution in [0, 0.1) is 17.8 Å². The molecule has 0 unspecified atom stereocenters. The maximum Gasteiger partial charge on any atom is 0.410 e. The molecule has 0 aliphatic heterocycles. The number of carbonyl (C=O) groups excluding carboxylic acids is 2. The van der Waals surface area contributed by atoms with Crippen LogP contribution in [0.25, 0.3) is 0 Å². The zero-order valence-electron chi connectivity index (χ0n) is 15.3. The van der Waals surface area contributed by atoms with Gasteiger partial charge in [0.25, 0.3) is 0 Å². The van der Waals surface area contributed by atoms with Crippen LogP contribution < -0.4 is 5.32 Å². The first-order valence-corrected chi connectivity index (χ1v) is 8.56. The van der Waals surface area contributed by atoms with Crippen LogP contribution in [-0.2, 0) is 19.1 Å². The Hall–Kier alpha value is -1.79. The summed E-state index contributed by atoms with van der Waals surface area (Å²) in [6.45, 7) is 9.29. The minimum atomic E-state index is -1.01. The highest BCUT2D eigenvalue weighted by molar-refractivity contribution is 5.73. The van der Waals surface area contributed by atoms with Crippen molar-refractivity contribution in [3.05, 3.63) is 0 Å². The summed E-state index contributed by atoms with van der Waals surface area (Å²) in [4.78, 5) is 34.2. The standard InChI is InChI=1S/C17H31NO6/c1-6-13(8-11(3)4)9-14(16(20)21)10-18-17(22)24-12(5)23-15(19)7-2/h11-14H,6-10H2,1-5H3,(H,18,22)(H,20,21)/t12-,13+,14+/m1/s1. The van der Waals surface area contributed by atoms with Crippen LogP contribution in [0.1, 0.15) is 60.3 Å². The number of hydrogen-bond acceptors (Lipinski definition) is 5. The molecule has 0 aromatic carbocycles. The van der Waals surface area contributed by atoms with Gasteiger partial charge in [0.2, 0.25) is 6.29 Å². The van der Waals surface area contributed by atoms with E-state index in [1.54, 1.807) is 6.92 Å². The van der Waals surface area contributed by atoms with Crippen molar-refractivity contribution in [1.29, 1.82) is 0 Å². The third kappa shape index (κ3) is 10.1. The van der Waals surface area contributed by atoms with Crippen molar-refractivity contribution >= 4 is 18.0 Å². The van der Waals surface area contributed by atoms with Gasteiger partial charge in [-0.15, -0.1) is 0 Å². The van der Waals surface area contributed by atoms with E-state index in [0.29, 0.717) is 18.3 Å². The van der Waals surface area contributed by atoms with Gasteiger partial charge in [0.15, 0.2) is 0 Å². The first-order chi connectivity index (χ1) is 11.2. The summed E-state index contributed by atoms with van der Waals surface area (Å²) in [5.41, 5.74) is 0. The molecule has 0 bridgehead atoms. The summed E-state index contributed by atoms with van der Waals surface area (Å²) in [7, 11) is 0. The molecule has 7 nitrogen and oxygen atoms in total. The van der Waals surface area contributed by atoms with E-state index >= 15 is 0 Å². The Morgan fingerprint density at radius 3 is 2.12 bits per heavy atom. The molecular weight excluding hydrogens is 314 g/mol. The fourth-order valence-corrected chi connectivity index (χ4v) is 2.46. The summed E-state index contributed by atoms with van der Waals surface area (Å²) < 4.78 is 9.67. The fraction of sp³-hybridized carbons (Fsp3) is 0.824. The number of amides is 1. The number of aliphatic carboxylic acids is 1. The molecule has 3 atom stereocenters. The number of carboxylic acids is 1. The zero-order chi connectivity index (χ0) is 18.7. The van der Waals surface area contributed by atoms with E-state index in [9.17, 15) is 19.5 Å². The van der Waals surface area contributed by atoms with Crippen molar-refractivity contribution in [3.63, 3.8) is 0 Å². The SMILES string of the molecule is CCC(=O)O[C@@H](C)OC(=O)NC[C@H](C[C@@H](CC)CC(C)C)C(=O)O. The maximum absolute atomic E-state index is 11.7. The molecule has 24 heavy (non-hydrogen) atoms. The van der Waals surface area contributed by atoms with E-state index in [1.807, 2.05) is 6.92 Å². The van der Waals surface area contributed by atoms with Crippen molar-refractivity contribution in [2.75, 3.05) is 6.54 Å². The molecule has 0 aliphatic carbocycles. The van der Waals surface area contributed by atoms with E-state index < -0.39 is 30.2 Å². The number of esters is 1. The Labute approximate surface area is 144 Å². The van der Waals surface area contributed by atoms with Gasteiger partial charge in [0.05, 0.1) is 5.92 Å². The molecule has 7 heteroatoms. The molecule has 0 saturated carbocycles. The van der Waals surface area contributed by atoms with E-state index in [-0.39, 0.29) is 13.0 Å². The van der Waals surface area contributed by atoms with Crippen molar-refractivity contribution in [2.24, 2.45) is 17.8 Å². The molecular formula is C17H31NO6. The normalized spacial score (nSPS) is 14.6. The van der Waals surface area contributed by atoms with Gasteiger partial charge in [-0.05, 0) is 24.7 Å². The quantitative estimate of drug-likeness (QED) is 0.440. The highest BCUT2D eigenvalue weighted by Gasteiger charge is 2.24. The Morgan fingerprint density at radius 1 is 1.04 bits per heavy atom. The van der Waals surface area contributed by atoms with Crippen LogP contribution in [0.15, 0.2) is 0 Å². The zero-order valence-corrected chi connectivity index (χ0v) is 15.3. The summed E-state index contributed by atoms with van der Waals surface area (Å²) in [6, 6.07) is 0. The predicted octanol–water partition coefficient (Wildman–Crippen LogP) is 3.18. The average Bonchev–Trinajstić information content (AvgIpc) is 2.48. The Balaban J connectivity index is 4.40. The average molecular weight is 345 g/mol. The monoisotopic (exact) mass is 345 g/mol. The predicted molar refractivity (Wildman–Crippen MR) is 89.3 cm³/mol. The third-order valence-electron chi connectivity index (χ3n) is 3.70. The van der Waals surface area contributed by atoms with Gasteiger partial charge in [-0.3, -0.25) is 9.59 Å². The van der Waals surface area contributed by atoms with Gasteiger partial charge >= 0.3 is 18.0 Å². The van der Waals surface area contributed by atoms with Crippen molar-refractivity contribution < 1.29 is 29.0 Å². The van der Waals surface area contributed by atoms with E-state index in [1.165, 1.54) is 6.92 Å². The van der Waals surface area contributed by atoms with Gasteiger partial charge in [-0.25, -0.2) is 4.79 Å². The van der Waals surface area contributed by atoms with Crippen LogP contribution in [0.2, 0.25) is 0 Å². The van der Waals surface area contributed by atoms with E-state index in [2.05, 4.69) is 19.2 Å². The van der Waals surface area contributed by atoms with Crippen LogP contribution >= 0.6 is 0 Å². The number of nitrogens with one attached hydrogen (secondary N) is 1. The van der Waals surface area contributed by atoms with Crippen LogP contribution in [0.3, 0.4) is 0 Å². The number of rotatable bonds is 11. The second-order valence-electron chi connectivity index (χ2n) is 6.37. The Bertz CT molecular complexity index is 410. The molecule has 1 amide bonds. The smallest absolute Gasteiger partial charge is 0.410 e. The summed E-state index contributed by atoms with van der Waals surface area (Å²) >= 11 is 0. The van der Waals surface area contributed by atoms with Gasteiger partial charge < -0.3 is 19.9 Å². The Kier molecular flexibility index (Phi) is 10.8. The summed E-state index contributed by atoms with van der Waals surface area (Å²) in [5.74, 6) is -1.29. The molecule has 140 valence electrons. The van der Waals surface area contributed by atoms with E-state index in [0.717, 1.165) is 12.8 Å². The molecule has 0 heterocycles. The first-order valence-electron chi connectivity index (χ1n) is 8.56. The lowest BCUT2D eigenvalue weighted by atomic mass is 9.86. The van der Waals surface area contributed by atoms with Gasteiger partial charge in [-0.2, -0.15) is 0 Å². The van der Waals surface area contributed by atoms with Gasteiger partial charge in [-0.1, -0.05) is 34.1 Å². The number of hydrogen-bond donors (Lipinski definition) is 2. The van der Waals surface area contributed by atoms with Crippen LogP contribution in [-0.4, -0.2) is 36.0 Å². The van der Waals surface area contributed by atoms with Crippen molar-refractivity contribution in [3.8, 4) is 0 Å². The highest BCUT2D eigenvalue weighted by Crippen LogP contribution is 2.23. The second kappa shape index (κ2) is 11.7. The lowest BCUT2D eigenvalue weighted by Gasteiger charge is -2.22. The lowest BCUT2D eigenvalue weighted by molar-refractivity contribution is -0.164. The van der Waals surface area contributed by atoms with Crippen molar-refractivity contribution in [2.45, 2.75) is 66.6 Å². The molecule has 0 aromatic heterocycles. The second-order valence-corrected chi connectivity index (χ2v) is 6.37. The number of ether oxygens (including phenoxy) is 2. The van der Waals surface area contributed by atoms with Gasteiger partial charge in [0.1, 0.15) is 0 Å². The number of carboxylic acid groups (broad SMARTS) is 1. The molecule has 0 spiro atoms. The third-order valence-corrected chi connectivity index (χ3v) is 3.70. The highest BCUT2D eigenvalue weighted by atomic mass is 16.7. The first kappa shape index (κ1) is 22.2. The number of carbonyl (C=O) groups is 3. The van der Waals surface area contributed by atoms with Crippen molar-refractivity contribution in [1.82, 2.24) is 5.32 Å². The minimum Gasteiger partial charge on any atom is -0.481 e. The molecule has 0 saturated heterocycles. The summed E-state index contributed by atoms with van der Waals surface area (Å²) in [5, 5.41) is 11.8. The number of alkyl carbamates (subject to hydrolysis) is 1. The molecule has 2 N–H and O–H groups in total. The molecule has 0 rings (SSSR count). The largest absolute Gasteiger partial charge is 0.481 e. The van der Waals surface area contributed by atoms with Crippen LogP contribution in [0.4, 0.5) is 4.79 Å².